The highest BCUT2D eigenvalue weighted by Gasteiger charge is 2.21. The molecule has 0 unspecified atom stereocenters. The first-order chi connectivity index (χ1) is 9.72. The smallest absolute Gasteiger partial charge is 0.336 e. The monoisotopic (exact) mass is 282 g/mol. The molecule has 2 nitrogen and oxygen atoms in total. The zero-order valence-corrected chi connectivity index (χ0v) is 11.3. The minimum Gasteiger partial charge on any atom is -0.423 e. The largest absolute Gasteiger partial charge is 0.423 e. The van der Waals surface area contributed by atoms with Gasteiger partial charge in [-0.1, -0.05) is 54.1 Å². The molecule has 0 atom stereocenters. The van der Waals surface area contributed by atoms with Gasteiger partial charge in [0.2, 0.25) is 0 Å². The first-order valence-electron chi connectivity index (χ1n) is 6.19. The Morgan fingerprint density at radius 3 is 2.35 bits per heavy atom. The predicted octanol–water partition coefficient (Wildman–Crippen LogP) is 4.32. The zero-order chi connectivity index (χ0) is 13.9. The SMILES string of the molecule is O=C1C=C(c2ccc(Cl)cc2)/C(=C/c2ccccc2)O1. The normalized spacial score (nSPS) is 16.1. The van der Waals surface area contributed by atoms with Gasteiger partial charge in [0.15, 0.2) is 0 Å². The van der Waals surface area contributed by atoms with Crippen LogP contribution in [0.25, 0.3) is 11.6 Å². The molecule has 0 aliphatic carbocycles. The second-order valence-corrected chi connectivity index (χ2v) is 4.84. The van der Waals surface area contributed by atoms with Crippen molar-refractivity contribution < 1.29 is 9.53 Å². The van der Waals surface area contributed by atoms with E-state index in [1.54, 1.807) is 12.1 Å². The maximum atomic E-state index is 11.5. The third kappa shape index (κ3) is 2.65. The molecule has 20 heavy (non-hydrogen) atoms. The van der Waals surface area contributed by atoms with Crippen molar-refractivity contribution in [2.75, 3.05) is 0 Å². The number of benzene rings is 2. The van der Waals surface area contributed by atoms with Gasteiger partial charge in [-0.2, -0.15) is 0 Å². The molecular formula is C17H11ClO2. The van der Waals surface area contributed by atoms with Crippen LogP contribution in [-0.2, 0) is 9.53 Å². The molecule has 0 saturated heterocycles. The van der Waals surface area contributed by atoms with Crippen molar-refractivity contribution in [2.45, 2.75) is 0 Å². The summed E-state index contributed by atoms with van der Waals surface area (Å²) in [7, 11) is 0. The van der Waals surface area contributed by atoms with Gasteiger partial charge >= 0.3 is 5.97 Å². The second-order valence-electron chi connectivity index (χ2n) is 4.41. The van der Waals surface area contributed by atoms with Gasteiger partial charge in [-0.25, -0.2) is 4.79 Å². The van der Waals surface area contributed by atoms with Crippen molar-refractivity contribution in [1.29, 1.82) is 0 Å². The zero-order valence-electron chi connectivity index (χ0n) is 10.5. The van der Waals surface area contributed by atoms with E-state index in [2.05, 4.69) is 0 Å². The van der Waals surface area contributed by atoms with Gasteiger partial charge in [-0.3, -0.25) is 0 Å². The molecule has 0 radical (unpaired) electrons. The standard InChI is InChI=1S/C17H11ClO2/c18-14-8-6-13(7-9-14)15-11-17(19)20-16(15)10-12-4-2-1-3-5-12/h1-11H/b16-10-. The summed E-state index contributed by atoms with van der Waals surface area (Å²) in [4.78, 5) is 11.5. The van der Waals surface area contributed by atoms with Gasteiger partial charge in [0.1, 0.15) is 5.76 Å². The molecule has 0 bridgehead atoms. The first kappa shape index (κ1) is 12.7. The number of cyclic esters (lactones) is 1. The maximum Gasteiger partial charge on any atom is 0.336 e. The van der Waals surface area contributed by atoms with Crippen LogP contribution in [0.2, 0.25) is 5.02 Å². The van der Waals surface area contributed by atoms with Crippen LogP contribution in [0.4, 0.5) is 0 Å². The molecule has 98 valence electrons. The van der Waals surface area contributed by atoms with Gasteiger partial charge in [-0.05, 0) is 29.3 Å². The number of carbonyl (C=O) groups is 1. The van der Waals surface area contributed by atoms with Crippen molar-refractivity contribution >= 4 is 29.2 Å². The summed E-state index contributed by atoms with van der Waals surface area (Å²) in [5.41, 5.74) is 2.66. The van der Waals surface area contributed by atoms with Crippen LogP contribution in [0.1, 0.15) is 11.1 Å². The Hall–Kier alpha value is -2.32. The van der Waals surface area contributed by atoms with Gasteiger partial charge in [0, 0.05) is 16.7 Å². The fraction of sp³-hybridized carbons (Fsp3) is 0. The molecule has 3 rings (SSSR count). The van der Waals surface area contributed by atoms with Crippen LogP contribution in [0.15, 0.2) is 66.4 Å². The van der Waals surface area contributed by atoms with E-state index in [-0.39, 0.29) is 5.97 Å². The van der Waals surface area contributed by atoms with E-state index >= 15 is 0 Å². The van der Waals surface area contributed by atoms with Crippen molar-refractivity contribution in [1.82, 2.24) is 0 Å². The molecule has 2 aromatic rings. The number of allylic oxidation sites excluding steroid dienone is 1. The summed E-state index contributed by atoms with van der Waals surface area (Å²) in [5.74, 6) is 0.209. The van der Waals surface area contributed by atoms with Crippen molar-refractivity contribution in [3.8, 4) is 0 Å². The quantitative estimate of drug-likeness (QED) is 0.767. The lowest BCUT2D eigenvalue weighted by molar-refractivity contribution is -0.132. The van der Waals surface area contributed by atoms with Crippen LogP contribution >= 0.6 is 11.6 Å². The van der Waals surface area contributed by atoms with E-state index in [1.807, 2.05) is 48.5 Å². The molecule has 1 heterocycles. The number of halogens is 1. The lowest BCUT2D eigenvalue weighted by Crippen LogP contribution is -1.91. The highest BCUT2D eigenvalue weighted by molar-refractivity contribution is 6.30. The molecule has 0 spiro atoms. The average Bonchev–Trinajstić information content (AvgIpc) is 2.81. The van der Waals surface area contributed by atoms with E-state index in [0.717, 1.165) is 16.7 Å². The Labute approximate surface area is 122 Å². The predicted molar refractivity (Wildman–Crippen MR) is 79.9 cm³/mol. The maximum absolute atomic E-state index is 11.5. The summed E-state index contributed by atoms with van der Waals surface area (Å²) in [6, 6.07) is 17.1. The summed E-state index contributed by atoms with van der Waals surface area (Å²) >= 11 is 5.88. The number of carbonyl (C=O) groups excluding carboxylic acids is 1. The van der Waals surface area contributed by atoms with Crippen LogP contribution in [0.5, 0.6) is 0 Å². The van der Waals surface area contributed by atoms with Gasteiger partial charge < -0.3 is 4.74 Å². The fourth-order valence-corrected chi connectivity index (χ4v) is 2.17. The van der Waals surface area contributed by atoms with E-state index < -0.39 is 0 Å². The van der Waals surface area contributed by atoms with Crippen molar-refractivity contribution in [3.05, 3.63) is 82.6 Å². The number of ether oxygens (including phenoxy) is 1. The lowest BCUT2D eigenvalue weighted by atomic mass is 10.0. The Morgan fingerprint density at radius 1 is 0.950 bits per heavy atom. The van der Waals surface area contributed by atoms with E-state index in [1.165, 1.54) is 6.08 Å². The highest BCUT2D eigenvalue weighted by Crippen LogP contribution is 2.31. The Kier molecular flexibility index (Phi) is 3.40. The number of esters is 1. The Morgan fingerprint density at radius 2 is 1.65 bits per heavy atom. The third-order valence-corrected chi connectivity index (χ3v) is 3.24. The van der Waals surface area contributed by atoms with Crippen LogP contribution in [0.3, 0.4) is 0 Å². The van der Waals surface area contributed by atoms with E-state index in [0.29, 0.717) is 10.8 Å². The molecule has 3 heteroatoms. The van der Waals surface area contributed by atoms with Gasteiger partial charge in [-0.15, -0.1) is 0 Å². The molecule has 0 amide bonds. The van der Waals surface area contributed by atoms with Crippen LogP contribution in [-0.4, -0.2) is 5.97 Å². The minimum atomic E-state index is -0.350. The van der Waals surface area contributed by atoms with Gasteiger partial charge in [0.25, 0.3) is 0 Å². The summed E-state index contributed by atoms with van der Waals surface area (Å²) in [6.07, 6.45) is 3.35. The third-order valence-electron chi connectivity index (χ3n) is 2.99. The number of rotatable bonds is 2. The second kappa shape index (κ2) is 5.35. The Balaban J connectivity index is 2.00. The summed E-state index contributed by atoms with van der Waals surface area (Å²) in [6.45, 7) is 0. The number of hydrogen-bond donors (Lipinski definition) is 0. The molecular weight excluding hydrogens is 272 g/mol. The van der Waals surface area contributed by atoms with E-state index in [9.17, 15) is 4.79 Å². The number of hydrogen-bond acceptors (Lipinski definition) is 2. The molecule has 0 N–H and O–H groups in total. The topological polar surface area (TPSA) is 26.3 Å². The molecule has 1 aliphatic heterocycles. The van der Waals surface area contributed by atoms with Gasteiger partial charge in [0.05, 0.1) is 0 Å². The van der Waals surface area contributed by atoms with E-state index in [4.69, 9.17) is 16.3 Å². The molecule has 0 aromatic heterocycles. The minimum absolute atomic E-state index is 0.350. The Bertz CT molecular complexity index is 698. The first-order valence-corrected chi connectivity index (χ1v) is 6.57. The summed E-state index contributed by atoms with van der Waals surface area (Å²) in [5, 5.41) is 0.660. The average molecular weight is 283 g/mol. The molecule has 0 fully saturated rings. The van der Waals surface area contributed by atoms with Crippen LogP contribution < -0.4 is 0 Å². The van der Waals surface area contributed by atoms with Crippen molar-refractivity contribution in [3.63, 3.8) is 0 Å². The summed E-state index contributed by atoms with van der Waals surface area (Å²) < 4.78 is 5.26. The van der Waals surface area contributed by atoms with Crippen LogP contribution in [0, 0.1) is 0 Å². The molecule has 2 aromatic carbocycles. The highest BCUT2D eigenvalue weighted by atomic mass is 35.5. The lowest BCUT2D eigenvalue weighted by Gasteiger charge is -2.05. The molecule has 1 aliphatic rings. The van der Waals surface area contributed by atoms with Crippen molar-refractivity contribution in [2.24, 2.45) is 0 Å². The fourth-order valence-electron chi connectivity index (χ4n) is 2.04. The molecule has 0 saturated carbocycles.